The molecule has 6 heteroatoms. The predicted molar refractivity (Wildman–Crippen MR) is 70.3 cm³/mol. The van der Waals surface area contributed by atoms with Gasteiger partial charge in [-0.2, -0.15) is 0 Å². The molecule has 0 bridgehead atoms. The molecular formula is C11H18BrN3O2. The lowest BCUT2D eigenvalue weighted by molar-refractivity contribution is 0.0759. The summed E-state index contributed by atoms with van der Waals surface area (Å²) in [5.41, 5.74) is 0. The van der Waals surface area contributed by atoms with Crippen molar-refractivity contribution in [1.82, 2.24) is 9.97 Å². The summed E-state index contributed by atoms with van der Waals surface area (Å²) < 4.78 is 11.0. The van der Waals surface area contributed by atoms with Crippen LogP contribution in [0.15, 0.2) is 10.7 Å². The van der Waals surface area contributed by atoms with E-state index in [0.29, 0.717) is 19.8 Å². The van der Waals surface area contributed by atoms with E-state index in [9.17, 15) is 0 Å². The van der Waals surface area contributed by atoms with Gasteiger partial charge in [-0.1, -0.05) is 6.92 Å². The van der Waals surface area contributed by atoms with Crippen molar-refractivity contribution in [2.75, 3.05) is 38.8 Å². The van der Waals surface area contributed by atoms with E-state index in [1.807, 2.05) is 13.0 Å². The minimum atomic E-state index is 0.617. The van der Waals surface area contributed by atoms with Crippen LogP contribution in [0.25, 0.3) is 0 Å². The van der Waals surface area contributed by atoms with Crippen LogP contribution in [-0.4, -0.2) is 43.4 Å². The van der Waals surface area contributed by atoms with Crippen molar-refractivity contribution < 1.29 is 9.47 Å². The van der Waals surface area contributed by atoms with Gasteiger partial charge >= 0.3 is 0 Å². The van der Waals surface area contributed by atoms with Crippen LogP contribution in [0.1, 0.15) is 12.7 Å². The molecule has 0 radical (unpaired) electrons. The summed E-state index contributed by atoms with van der Waals surface area (Å²) in [4.78, 5) is 8.59. The molecule has 1 rings (SSSR count). The van der Waals surface area contributed by atoms with Crippen LogP contribution in [0.4, 0.5) is 5.82 Å². The fourth-order valence-corrected chi connectivity index (χ4v) is 1.63. The number of hydrogen-bond acceptors (Lipinski definition) is 5. The lowest BCUT2D eigenvalue weighted by Crippen LogP contribution is -2.13. The molecule has 0 saturated carbocycles. The maximum Gasteiger partial charge on any atom is 0.131 e. The van der Waals surface area contributed by atoms with Crippen molar-refractivity contribution in [1.29, 1.82) is 0 Å². The summed E-state index contributed by atoms with van der Waals surface area (Å²) in [7, 11) is 1.66. The standard InChI is InChI=1S/C11H18BrN3O2/c1-3-10-14-9(12)8-11(15-10)13-4-5-17-7-6-16-2/h8H,3-7H2,1-2H3,(H,13,14,15). The first-order valence-electron chi connectivity index (χ1n) is 5.60. The van der Waals surface area contributed by atoms with Crippen molar-refractivity contribution in [2.45, 2.75) is 13.3 Å². The average molecular weight is 304 g/mol. The Morgan fingerprint density at radius 2 is 2.12 bits per heavy atom. The maximum atomic E-state index is 5.34. The van der Waals surface area contributed by atoms with E-state index in [1.54, 1.807) is 7.11 Å². The number of nitrogens with one attached hydrogen (secondary N) is 1. The molecule has 1 aromatic heterocycles. The second kappa shape index (κ2) is 8.38. The molecule has 0 aliphatic carbocycles. The Hall–Kier alpha value is -0.720. The fourth-order valence-electron chi connectivity index (χ4n) is 1.21. The molecule has 0 saturated heterocycles. The molecule has 0 fully saturated rings. The molecule has 96 valence electrons. The zero-order valence-electron chi connectivity index (χ0n) is 10.2. The van der Waals surface area contributed by atoms with Gasteiger partial charge in [0.1, 0.15) is 16.2 Å². The highest BCUT2D eigenvalue weighted by Crippen LogP contribution is 2.12. The van der Waals surface area contributed by atoms with Crippen LogP contribution in [0.2, 0.25) is 0 Å². The van der Waals surface area contributed by atoms with E-state index in [2.05, 4.69) is 31.2 Å². The molecule has 0 amide bonds. The number of halogens is 1. The summed E-state index contributed by atoms with van der Waals surface area (Å²) in [5.74, 6) is 1.64. The van der Waals surface area contributed by atoms with Crippen molar-refractivity contribution in [3.63, 3.8) is 0 Å². The third-order valence-corrected chi connectivity index (χ3v) is 2.45. The summed E-state index contributed by atoms with van der Waals surface area (Å²) >= 11 is 3.36. The summed E-state index contributed by atoms with van der Waals surface area (Å²) in [6.45, 7) is 4.62. The maximum absolute atomic E-state index is 5.34. The van der Waals surface area contributed by atoms with Crippen LogP contribution in [0.5, 0.6) is 0 Å². The Morgan fingerprint density at radius 1 is 1.29 bits per heavy atom. The van der Waals surface area contributed by atoms with Gasteiger partial charge in [0.15, 0.2) is 0 Å². The third kappa shape index (κ3) is 5.95. The molecule has 1 aromatic rings. The minimum absolute atomic E-state index is 0.617. The molecule has 0 atom stereocenters. The van der Waals surface area contributed by atoms with Crippen molar-refractivity contribution in [3.05, 3.63) is 16.5 Å². The van der Waals surface area contributed by atoms with E-state index in [4.69, 9.17) is 9.47 Å². The molecule has 1 heterocycles. The Labute approximate surface area is 110 Å². The summed E-state index contributed by atoms with van der Waals surface area (Å²) in [5, 5.41) is 3.19. The molecule has 1 N–H and O–H groups in total. The van der Waals surface area contributed by atoms with E-state index >= 15 is 0 Å². The Bertz CT molecular complexity index is 336. The first kappa shape index (κ1) is 14.3. The van der Waals surface area contributed by atoms with Gasteiger partial charge in [-0.3, -0.25) is 0 Å². The largest absolute Gasteiger partial charge is 0.382 e. The lowest BCUT2D eigenvalue weighted by Gasteiger charge is -2.07. The van der Waals surface area contributed by atoms with Gasteiger partial charge in [0.2, 0.25) is 0 Å². The topological polar surface area (TPSA) is 56.3 Å². The average Bonchev–Trinajstić information content (AvgIpc) is 2.33. The van der Waals surface area contributed by atoms with Gasteiger partial charge in [-0.05, 0) is 15.9 Å². The van der Waals surface area contributed by atoms with E-state index < -0.39 is 0 Å². The monoisotopic (exact) mass is 303 g/mol. The number of methoxy groups -OCH3 is 1. The highest BCUT2D eigenvalue weighted by molar-refractivity contribution is 9.10. The predicted octanol–water partition coefficient (Wildman–Crippen LogP) is 1.88. The van der Waals surface area contributed by atoms with Gasteiger partial charge in [0.25, 0.3) is 0 Å². The molecular weight excluding hydrogens is 286 g/mol. The quantitative estimate of drug-likeness (QED) is 0.587. The van der Waals surface area contributed by atoms with Crippen LogP contribution >= 0.6 is 15.9 Å². The molecule has 5 nitrogen and oxygen atoms in total. The summed E-state index contributed by atoms with van der Waals surface area (Å²) in [6, 6.07) is 1.86. The van der Waals surface area contributed by atoms with Crippen LogP contribution < -0.4 is 5.32 Å². The Kier molecular flexibility index (Phi) is 7.07. The van der Waals surface area contributed by atoms with Gasteiger partial charge in [0, 0.05) is 26.1 Å². The van der Waals surface area contributed by atoms with Crippen LogP contribution in [0, 0.1) is 0 Å². The zero-order chi connectivity index (χ0) is 12.5. The number of ether oxygens (including phenoxy) is 2. The van der Waals surface area contributed by atoms with Crippen LogP contribution in [0.3, 0.4) is 0 Å². The Morgan fingerprint density at radius 3 is 2.82 bits per heavy atom. The van der Waals surface area contributed by atoms with Gasteiger partial charge in [-0.15, -0.1) is 0 Å². The molecule has 0 aliphatic rings. The number of hydrogen-bond donors (Lipinski definition) is 1. The van der Waals surface area contributed by atoms with Crippen molar-refractivity contribution in [3.8, 4) is 0 Å². The number of rotatable bonds is 8. The SMILES string of the molecule is CCc1nc(Br)cc(NCCOCCOC)n1. The Balaban J connectivity index is 2.28. The fraction of sp³-hybridized carbons (Fsp3) is 0.636. The normalized spacial score (nSPS) is 10.5. The minimum Gasteiger partial charge on any atom is -0.382 e. The number of aromatic nitrogens is 2. The van der Waals surface area contributed by atoms with E-state index in [0.717, 1.165) is 29.2 Å². The number of nitrogens with zero attached hydrogens (tertiary/aromatic N) is 2. The van der Waals surface area contributed by atoms with Gasteiger partial charge in [0.05, 0.1) is 19.8 Å². The van der Waals surface area contributed by atoms with E-state index in [-0.39, 0.29) is 0 Å². The van der Waals surface area contributed by atoms with Crippen molar-refractivity contribution in [2.24, 2.45) is 0 Å². The van der Waals surface area contributed by atoms with Crippen molar-refractivity contribution >= 4 is 21.7 Å². The van der Waals surface area contributed by atoms with Crippen LogP contribution in [-0.2, 0) is 15.9 Å². The highest BCUT2D eigenvalue weighted by Gasteiger charge is 2.00. The molecule has 0 aliphatic heterocycles. The molecule has 17 heavy (non-hydrogen) atoms. The first-order chi connectivity index (χ1) is 8.26. The lowest BCUT2D eigenvalue weighted by atomic mass is 10.4. The van der Waals surface area contributed by atoms with Gasteiger partial charge < -0.3 is 14.8 Å². The van der Waals surface area contributed by atoms with Gasteiger partial charge in [-0.25, -0.2) is 9.97 Å². The second-order valence-corrected chi connectivity index (χ2v) is 4.19. The number of aryl methyl sites for hydroxylation is 1. The second-order valence-electron chi connectivity index (χ2n) is 3.38. The first-order valence-corrected chi connectivity index (χ1v) is 6.39. The van der Waals surface area contributed by atoms with E-state index in [1.165, 1.54) is 0 Å². The third-order valence-electron chi connectivity index (χ3n) is 2.04. The zero-order valence-corrected chi connectivity index (χ0v) is 11.8. The summed E-state index contributed by atoms with van der Waals surface area (Å²) in [6.07, 6.45) is 0.818. The highest BCUT2D eigenvalue weighted by atomic mass is 79.9. The molecule has 0 unspecified atom stereocenters. The number of anilines is 1. The molecule has 0 aromatic carbocycles. The molecule has 0 spiro atoms. The smallest absolute Gasteiger partial charge is 0.131 e.